The van der Waals surface area contributed by atoms with E-state index in [9.17, 15) is 4.79 Å². The zero-order valence-corrected chi connectivity index (χ0v) is 11.3. The molecule has 0 saturated carbocycles. The van der Waals surface area contributed by atoms with Crippen LogP contribution in [0.2, 0.25) is 0 Å². The van der Waals surface area contributed by atoms with Gasteiger partial charge in [-0.25, -0.2) is 9.78 Å². The third-order valence-corrected chi connectivity index (χ3v) is 3.01. The van der Waals surface area contributed by atoms with Gasteiger partial charge in [0.1, 0.15) is 17.2 Å². The normalized spacial score (nSPS) is 9.79. The molecule has 0 atom stereocenters. The molecule has 0 saturated heterocycles. The number of amides is 2. The van der Waals surface area contributed by atoms with Crippen LogP contribution in [-0.4, -0.2) is 25.2 Å². The second kappa shape index (κ2) is 6.05. The largest absolute Gasteiger partial charge is 0.494 e. The SMILES string of the molecule is COc1cccc(OC)c1NC(=O)Nc1nccs1. The maximum Gasteiger partial charge on any atom is 0.325 e. The fraction of sp³-hybridized carbons (Fsp3) is 0.167. The Morgan fingerprint density at radius 3 is 2.42 bits per heavy atom. The average Bonchev–Trinajstić information content (AvgIpc) is 2.91. The summed E-state index contributed by atoms with van der Waals surface area (Å²) in [6.45, 7) is 0. The molecule has 0 spiro atoms. The summed E-state index contributed by atoms with van der Waals surface area (Å²) in [6, 6.07) is 4.85. The summed E-state index contributed by atoms with van der Waals surface area (Å²) in [5.41, 5.74) is 0.474. The van der Waals surface area contributed by atoms with Gasteiger partial charge in [0, 0.05) is 11.6 Å². The van der Waals surface area contributed by atoms with Crippen molar-refractivity contribution < 1.29 is 14.3 Å². The highest BCUT2D eigenvalue weighted by Crippen LogP contribution is 2.34. The van der Waals surface area contributed by atoms with Gasteiger partial charge in [-0.15, -0.1) is 11.3 Å². The van der Waals surface area contributed by atoms with Gasteiger partial charge in [-0.05, 0) is 12.1 Å². The zero-order valence-electron chi connectivity index (χ0n) is 10.5. The second-order valence-electron chi connectivity index (χ2n) is 3.45. The van der Waals surface area contributed by atoms with Crippen molar-refractivity contribution in [1.29, 1.82) is 0 Å². The van der Waals surface area contributed by atoms with Crippen LogP contribution in [-0.2, 0) is 0 Å². The first-order valence-corrected chi connectivity index (χ1v) is 6.31. The molecule has 1 aromatic heterocycles. The Morgan fingerprint density at radius 1 is 1.21 bits per heavy atom. The lowest BCUT2D eigenvalue weighted by atomic mass is 10.2. The molecule has 0 aliphatic heterocycles. The topological polar surface area (TPSA) is 72.5 Å². The maximum absolute atomic E-state index is 11.8. The molecular weight excluding hydrogens is 266 g/mol. The number of carbonyl (C=O) groups is 1. The number of nitrogens with one attached hydrogen (secondary N) is 2. The van der Waals surface area contributed by atoms with Crippen molar-refractivity contribution in [3.8, 4) is 11.5 Å². The van der Waals surface area contributed by atoms with Gasteiger partial charge in [-0.1, -0.05) is 6.07 Å². The average molecular weight is 279 g/mol. The van der Waals surface area contributed by atoms with Crippen molar-refractivity contribution in [3.63, 3.8) is 0 Å². The number of ether oxygens (including phenoxy) is 2. The maximum atomic E-state index is 11.8. The molecule has 0 unspecified atom stereocenters. The Hall–Kier alpha value is -2.28. The molecule has 6 nitrogen and oxygen atoms in total. The van der Waals surface area contributed by atoms with E-state index in [4.69, 9.17) is 9.47 Å². The monoisotopic (exact) mass is 279 g/mol. The minimum Gasteiger partial charge on any atom is -0.494 e. The van der Waals surface area contributed by atoms with Crippen LogP contribution in [0.5, 0.6) is 11.5 Å². The first-order valence-electron chi connectivity index (χ1n) is 5.43. The van der Waals surface area contributed by atoms with Gasteiger partial charge in [0.2, 0.25) is 0 Å². The molecule has 0 bridgehead atoms. The van der Waals surface area contributed by atoms with Crippen LogP contribution in [0.4, 0.5) is 15.6 Å². The highest BCUT2D eigenvalue weighted by molar-refractivity contribution is 7.13. The molecule has 1 heterocycles. The summed E-state index contributed by atoms with van der Waals surface area (Å²) >= 11 is 1.34. The minimum atomic E-state index is -0.405. The Labute approximate surface area is 114 Å². The summed E-state index contributed by atoms with van der Waals surface area (Å²) in [7, 11) is 3.05. The number of aromatic nitrogens is 1. The van der Waals surface area contributed by atoms with Gasteiger partial charge in [-0.2, -0.15) is 0 Å². The van der Waals surface area contributed by atoms with Crippen molar-refractivity contribution >= 4 is 28.2 Å². The van der Waals surface area contributed by atoms with Crippen LogP contribution >= 0.6 is 11.3 Å². The Morgan fingerprint density at radius 2 is 1.89 bits per heavy atom. The van der Waals surface area contributed by atoms with E-state index in [1.165, 1.54) is 25.6 Å². The fourth-order valence-electron chi connectivity index (χ4n) is 1.50. The number of nitrogens with zero attached hydrogens (tertiary/aromatic N) is 1. The van der Waals surface area contributed by atoms with Crippen molar-refractivity contribution in [2.45, 2.75) is 0 Å². The molecule has 0 aliphatic rings. The number of hydrogen-bond donors (Lipinski definition) is 2. The summed E-state index contributed by atoms with van der Waals surface area (Å²) < 4.78 is 10.4. The molecule has 2 N–H and O–H groups in total. The van der Waals surface area contributed by atoms with E-state index in [0.29, 0.717) is 22.3 Å². The van der Waals surface area contributed by atoms with Crippen LogP contribution in [0.3, 0.4) is 0 Å². The molecule has 7 heteroatoms. The second-order valence-corrected chi connectivity index (χ2v) is 4.35. The number of carbonyl (C=O) groups excluding carboxylic acids is 1. The number of urea groups is 1. The highest BCUT2D eigenvalue weighted by Gasteiger charge is 2.13. The molecule has 2 aromatic rings. The predicted molar refractivity (Wildman–Crippen MR) is 74.3 cm³/mol. The van der Waals surface area contributed by atoms with Gasteiger partial charge in [0.25, 0.3) is 0 Å². The third kappa shape index (κ3) is 3.14. The van der Waals surface area contributed by atoms with Gasteiger partial charge in [0.15, 0.2) is 5.13 Å². The first kappa shape index (κ1) is 13.2. The van der Waals surface area contributed by atoms with Crippen LogP contribution in [0.15, 0.2) is 29.8 Å². The van der Waals surface area contributed by atoms with Gasteiger partial charge >= 0.3 is 6.03 Å². The highest BCUT2D eigenvalue weighted by atomic mass is 32.1. The summed E-state index contributed by atoms with van der Waals surface area (Å²) in [5.74, 6) is 1.04. The van der Waals surface area contributed by atoms with Crippen molar-refractivity contribution in [3.05, 3.63) is 29.8 Å². The molecule has 0 radical (unpaired) electrons. The van der Waals surface area contributed by atoms with Crippen LogP contribution < -0.4 is 20.1 Å². The van der Waals surface area contributed by atoms with Gasteiger partial charge < -0.3 is 14.8 Å². The van der Waals surface area contributed by atoms with Crippen molar-refractivity contribution in [2.75, 3.05) is 24.9 Å². The summed E-state index contributed by atoms with van der Waals surface area (Å²) in [4.78, 5) is 15.8. The lowest BCUT2D eigenvalue weighted by molar-refractivity contribution is 0.262. The third-order valence-electron chi connectivity index (χ3n) is 2.32. The minimum absolute atomic E-state index is 0.405. The van der Waals surface area contributed by atoms with E-state index in [0.717, 1.165) is 0 Å². The number of rotatable bonds is 4. The molecule has 19 heavy (non-hydrogen) atoms. The van der Waals surface area contributed by atoms with Crippen molar-refractivity contribution in [2.24, 2.45) is 0 Å². The lowest BCUT2D eigenvalue weighted by Gasteiger charge is -2.13. The molecule has 1 aromatic carbocycles. The van der Waals surface area contributed by atoms with E-state index in [2.05, 4.69) is 15.6 Å². The van der Waals surface area contributed by atoms with E-state index >= 15 is 0 Å². The fourth-order valence-corrected chi connectivity index (χ4v) is 2.03. The molecule has 0 fully saturated rings. The summed E-state index contributed by atoms with van der Waals surface area (Å²) in [6.07, 6.45) is 1.62. The van der Waals surface area contributed by atoms with Crippen LogP contribution in [0.1, 0.15) is 0 Å². The number of thiazole rings is 1. The number of anilines is 2. The number of methoxy groups -OCH3 is 2. The molecular formula is C12H13N3O3S. The molecule has 0 aliphatic carbocycles. The molecule has 2 amide bonds. The van der Waals surface area contributed by atoms with E-state index in [-0.39, 0.29) is 0 Å². The Balaban J connectivity index is 2.15. The van der Waals surface area contributed by atoms with Crippen LogP contribution in [0.25, 0.3) is 0 Å². The number of para-hydroxylation sites is 1. The quantitative estimate of drug-likeness (QED) is 0.902. The van der Waals surface area contributed by atoms with E-state index < -0.39 is 6.03 Å². The van der Waals surface area contributed by atoms with Crippen LogP contribution in [0, 0.1) is 0 Å². The lowest BCUT2D eigenvalue weighted by Crippen LogP contribution is -2.20. The number of benzene rings is 1. The zero-order chi connectivity index (χ0) is 13.7. The van der Waals surface area contributed by atoms with E-state index in [1.54, 1.807) is 29.8 Å². The number of hydrogen-bond acceptors (Lipinski definition) is 5. The first-order chi connectivity index (χ1) is 9.24. The molecule has 2 rings (SSSR count). The van der Waals surface area contributed by atoms with E-state index in [1.807, 2.05) is 0 Å². The standard InChI is InChI=1S/C12H13N3O3S/c1-17-8-4-3-5-9(18-2)10(8)14-11(16)15-12-13-6-7-19-12/h3-7H,1-2H3,(H2,13,14,15,16). The summed E-state index contributed by atoms with van der Waals surface area (Å²) in [5, 5.41) is 7.60. The van der Waals surface area contributed by atoms with Crippen molar-refractivity contribution in [1.82, 2.24) is 4.98 Å². The smallest absolute Gasteiger partial charge is 0.325 e. The van der Waals surface area contributed by atoms with Gasteiger partial charge in [-0.3, -0.25) is 5.32 Å². The predicted octanol–water partition coefficient (Wildman–Crippen LogP) is 2.80. The van der Waals surface area contributed by atoms with Gasteiger partial charge in [0.05, 0.1) is 14.2 Å². The Kier molecular flexibility index (Phi) is 4.19. The Bertz CT molecular complexity index is 535. The molecule has 100 valence electrons.